The van der Waals surface area contributed by atoms with E-state index in [9.17, 15) is 0 Å². The van der Waals surface area contributed by atoms with Crippen LogP contribution < -0.4 is 26.6 Å². The van der Waals surface area contributed by atoms with Crippen molar-refractivity contribution in [2.24, 2.45) is 15.9 Å². The van der Waals surface area contributed by atoms with E-state index >= 15 is 0 Å². The minimum Gasteiger partial charge on any atom is -0.497 e. The van der Waals surface area contributed by atoms with E-state index in [4.69, 9.17) is 22.7 Å². The van der Waals surface area contributed by atoms with E-state index in [1.165, 1.54) is 6.21 Å². The Bertz CT molecular complexity index is 570. The molecule has 22 heavy (non-hydrogen) atoms. The van der Waals surface area contributed by atoms with Crippen molar-refractivity contribution in [3.8, 4) is 5.75 Å². The predicted octanol–water partition coefficient (Wildman–Crippen LogP) is 0.854. The highest BCUT2D eigenvalue weighted by atomic mass is 32.1. The molecule has 1 rings (SSSR count). The van der Waals surface area contributed by atoms with Gasteiger partial charge in [0.15, 0.2) is 10.2 Å². The van der Waals surface area contributed by atoms with Gasteiger partial charge in [-0.2, -0.15) is 10.2 Å². The standard InChI is InChI=1S/C13H18N6OS2/c1-9(17-18-12(14)21)7-16-19-13(22)15-8-10-3-5-11(20-2)6-4-10/h3-7H,8H2,1-2H3,(H3,14,18,21)(H2,15,19,22). The molecule has 0 aromatic heterocycles. The van der Waals surface area contributed by atoms with Crippen LogP contribution in [0, 0.1) is 0 Å². The Morgan fingerprint density at radius 1 is 1.27 bits per heavy atom. The van der Waals surface area contributed by atoms with Crippen LogP contribution in [0.2, 0.25) is 0 Å². The van der Waals surface area contributed by atoms with Crippen molar-refractivity contribution in [3.63, 3.8) is 0 Å². The second kappa shape index (κ2) is 9.64. The molecule has 0 aliphatic rings. The highest BCUT2D eigenvalue weighted by Crippen LogP contribution is 2.10. The Hall–Kier alpha value is -2.26. The summed E-state index contributed by atoms with van der Waals surface area (Å²) in [6.45, 7) is 2.33. The monoisotopic (exact) mass is 338 g/mol. The maximum Gasteiger partial charge on any atom is 0.187 e. The summed E-state index contributed by atoms with van der Waals surface area (Å²) in [5.74, 6) is 0.814. The van der Waals surface area contributed by atoms with Crippen LogP contribution in [-0.2, 0) is 6.54 Å². The minimum absolute atomic E-state index is 0.0948. The molecule has 1 aromatic carbocycles. The molecule has 7 nitrogen and oxygen atoms in total. The van der Waals surface area contributed by atoms with Crippen molar-refractivity contribution < 1.29 is 4.74 Å². The second-order valence-electron chi connectivity index (χ2n) is 4.13. The van der Waals surface area contributed by atoms with Crippen molar-refractivity contribution >= 4 is 46.6 Å². The van der Waals surface area contributed by atoms with Crippen molar-refractivity contribution in [2.75, 3.05) is 7.11 Å². The molecule has 0 spiro atoms. The normalized spacial score (nSPS) is 11.1. The van der Waals surface area contributed by atoms with E-state index in [0.29, 0.717) is 17.4 Å². The summed E-state index contributed by atoms with van der Waals surface area (Å²) in [7, 11) is 1.63. The Kier molecular flexibility index (Phi) is 7.79. The zero-order chi connectivity index (χ0) is 16.4. The molecule has 0 heterocycles. The summed E-state index contributed by atoms with van der Waals surface area (Å²) >= 11 is 9.73. The summed E-state index contributed by atoms with van der Waals surface area (Å²) < 4.78 is 5.10. The van der Waals surface area contributed by atoms with Crippen LogP contribution in [0.3, 0.4) is 0 Å². The first-order valence-corrected chi connectivity index (χ1v) is 7.12. The molecule has 0 saturated heterocycles. The van der Waals surface area contributed by atoms with E-state index in [1.54, 1.807) is 14.0 Å². The van der Waals surface area contributed by atoms with Gasteiger partial charge < -0.3 is 15.8 Å². The SMILES string of the molecule is COc1ccc(CNC(=S)NN=CC(C)=NNC(N)=S)cc1. The fourth-order valence-corrected chi connectivity index (χ4v) is 1.49. The van der Waals surface area contributed by atoms with Gasteiger partial charge in [0.2, 0.25) is 0 Å². The summed E-state index contributed by atoms with van der Waals surface area (Å²) in [6, 6.07) is 7.69. The molecule has 0 aliphatic carbocycles. The highest BCUT2D eigenvalue weighted by Gasteiger charge is 1.96. The smallest absolute Gasteiger partial charge is 0.187 e. The molecule has 118 valence electrons. The number of nitrogens with zero attached hydrogens (tertiary/aromatic N) is 2. The minimum atomic E-state index is 0.0948. The predicted molar refractivity (Wildman–Crippen MR) is 97.1 cm³/mol. The molecule has 0 saturated carbocycles. The quantitative estimate of drug-likeness (QED) is 0.347. The van der Waals surface area contributed by atoms with E-state index in [1.807, 2.05) is 24.3 Å². The number of hydrogen-bond donors (Lipinski definition) is 4. The largest absolute Gasteiger partial charge is 0.497 e. The van der Waals surface area contributed by atoms with Gasteiger partial charge in [0.1, 0.15) is 5.75 Å². The molecule has 0 fully saturated rings. The van der Waals surface area contributed by atoms with Crippen LogP contribution in [0.1, 0.15) is 12.5 Å². The summed E-state index contributed by atoms with van der Waals surface area (Å²) in [4.78, 5) is 0. The van der Waals surface area contributed by atoms with Crippen LogP contribution in [0.5, 0.6) is 5.75 Å². The van der Waals surface area contributed by atoms with Gasteiger partial charge in [-0.15, -0.1) is 0 Å². The van der Waals surface area contributed by atoms with Gasteiger partial charge in [-0.25, -0.2) is 0 Å². The second-order valence-corrected chi connectivity index (χ2v) is 4.98. The molecule has 0 amide bonds. The third-order valence-electron chi connectivity index (χ3n) is 2.37. The summed E-state index contributed by atoms with van der Waals surface area (Å²) in [6.07, 6.45) is 1.49. The van der Waals surface area contributed by atoms with Crippen LogP contribution in [0.15, 0.2) is 34.5 Å². The highest BCUT2D eigenvalue weighted by molar-refractivity contribution is 7.80. The maximum atomic E-state index is 5.25. The fraction of sp³-hybridized carbons (Fsp3) is 0.231. The van der Waals surface area contributed by atoms with Crippen LogP contribution in [-0.4, -0.2) is 29.3 Å². The zero-order valence-electron chi connectivity index (χ0n) is 12.3. The van der Waals surface area contributed by atoms with Gasteiger partial charge in [-0.1, -0.05) is 12.1 Å². The zero-order valence-corrected chi connectivity index (χ0v) is 13.9. The number of nitrogens with one attached hydrogen (secondary N) is 3. The lowest BCUT2D eigenvalue weighted by Crippen LogP contribution is -2.31. The molecule has 1 aromatic rings. The summed E-state index contributed by atoms with van der Waals surface area (Å²) in [5, 5.41) is 11.3. The lowest BCUT2D eigenvalue weighted by molar-refractivity contribution is 0.414. The van der Waals surface area contributed by atoms with Gasteiger partial charge in [0.05, 0.1) is 19.0 Å². The Balaban J connectivity index is 2.33. The van der Waals surface area contributed by atoms with E-state index in [2.05, 4.69) is 38.6 Å². The van der Waals surface area contributed by atoms with E-state index in [0.717, 1.165) is 11.3 Å². The molecule has 5 N–H and O–H groups in total. The number of hydrazone groups is 2. The third kappa shape index (κ3) is 7.50. The molecular formula is C13H18N6OS2. The van der Waals surface area contributed by atoms with Gasteiger partial charge in [0.25, 0.3) is 0 Å². The molecule has 0 atom stereocenters. The molecular weight excluding hydrogens is 320 g/mol. The number of ether oxygens (including phenoxy) is 1. The van der Waals surface area contributed by atoms with Crippen LogP contribution in [0.4, 0.5) is 0 Å². The first-order valence-electron chi connectivity index (χ1n) is 6.31. The Morgan fingerprint density at radius 2 is 1.95 bits per heavy atom. The van der Waals surface area contributed by atoms with E-state index < -0.39 is 0 Å². The van der Waals surface area contributed by atoms with Gasteiger partial charge in [-0.3, -0.25) is 10.9 Å². The average molecular weight is 338 g/mol. The molecule has 0 bridgehead atoms. The van der Waals surface area contributed by atoms with Gasteiger partial charge in [-0.05, 0) is 49.1 Å². The van der Waals surface area contributed by atoms with Crippen molar-refractivity contribution in [3.05, 3.63) is 29.8 Å². The van der Waals surface area contributed by atoms with Crippen molar-refractivity contribution in [1.82, 2.24) is 16.2 Å². The number of benzene rings is 1. The Labute approximate surface area is 140 Å². The number of nitrogens with two attached hydrogens (primary N) is 1. The number of thiocarbonyl (C=S) groups is 2. The molecule has 9 heteroatoms. The number of methoxy groups -OCH3 is 1. The van der Waals surface area contributed by atoms with Gasteiger partial charge >= 0.3 is 0 Å². The maximum absolute atomic E-state index is 5.25. The fourth-order valence-electron chi connectivity index (χ4n) is 1.32. The summed E-state index contributed by atoms with van der Waals surface area (Å²) in [5.41, 5.74) is 12.1. The van der Waals surface area contributed by atoms with Crippen molar-refractivity contribution in [2.45, 2.75) is 13.5 Å². The first-order chi connectivity index (χ1) is 10.5. The molecule has 0 radical (unpaired) electrons. The number of rotatable bonds is 6. The Morgan fingerprint density at radius 3 is 2.55 bits per heavy atom. The van der Waals surface area contributed by atoms with E-state index in [-0.39, 0.29) is 5.11 Å². The number of hydrogen-bond acceptors (Lipinski definition) is 5. The van der Waals surface area contributed by atoms with Crippen LogP contribution in [0.25, 0.3) is 0 Å². The third-order valence-corrected chi connectivity index (χ3v) is 2.70. The lowest BCUT2D eigenvalue weighted by atomic mass is 10.2. The first kappa shape index (κ1) is 17.8. The average Bonchev–Trinajstić information content (AvgIpc) is 2.51. The topological polar surface area (TPSA) is 96.1 Å². The lowest BCUT2D eigenvalue weighted by Gasteiger charge is -2.07. The molecule has 0 aliphatic heterocycles. The van der Waals surface area contributed by atoms with Gasteiger partial charge in [0, 0.05) is 6.54 Å². The molecule has 0 unspecified atom stereocenters. The van der Waals surface area contributed by atoms with Crippen molar-refractivity contribution in [1.29, 1.82) is 0 Å². The van der Waals surface area contributed by atoms with Crippen LogP contribution >= 0.6 is 24.4 Å².